The fourth-order valence-electron chi connectivity index (χ4n) is 8.36. The van der Waals surface area contributed by atoms with Crippen molar-refractivity contribution < 1.29 is 18.7 Å². The Morgan fingerprint density at radius 2 is 1.55 bits per heavy atom. The van der Waals surface area contributed by atoms with Crippen LogP contribution in [0.1, 0.15) is 65.7 Å². The third kappa shape index (κ3) is 4.09. The van der Waals surface area contributed by atoms with Gasteiger partial charge < -0.3 is 18.7 Å². The summed E-state index contributed by atoms with van der Waals surface area (Å²) in [5, 5.41) is 2.53. The highest BCUT2D eigenvalue weighted by molar-refractivity contribution is 6.99. The summed E-state index contributed by atoms with van der Waals surface area (Å²) in [6, 6.07) is 21.8. The highest BCUT2D eigenvalue weighted by atomic mass is 28.4. The third-order valence-electron chi connectivity index (χ3n) is 10.0. The fourth-order valence-corrected chi connectivity index (χ4v) is 13.1. The van der Waals surface area contributed by atoms with Gasteiger partial charge in [-0.3, -0.25) is 0 Å². The van der Waals surface area contributed by atoms with E-state index in [0.717, 1.165) is 44.9 Å². The van der Waals surface area contributed by atoms with E-state index < -0.39 is 14.1 Å². The van der Waals surface area contributed by atoms with Gasteiger partial charge in [-0.15, -0.1) is 0 Å². The minimum atomic E-state index is -2.71. The number of aldehydes is 1. The predicted octanol–water partition coefficient (Wildman–Crippen LogP) is 5.79. The number of allylic oxidation sites excluding steroid dienone is 1. The van der Waals surface area contributed by atoms with Crippen LogP contribution in [0.4, 0.5) is 0 Å². The van der Waals surface area contributed by atoms with Gasteiger partial charge in [-0.1, -0.05) is 93.1 Å². The molecule has 1 spiro atoms. The van der Waals surface area contributed by atoms with Crippen molar-refractivity contribution in [2.24, 2.45) is 17.3 Å². The van der Waals surface area contributed by atoms with Crippen LogP contribution in [-0.4, -0.2) is 39.7 Å². The van der Waals surface area contributed by atoms with Crippen molar-refractivity contribution >= 4 is 25.0 Å². The second-order valence-corrected chi connectivity index (χ2v) is 17.2. The minimum absolute atomic E-state index is 0.0490. The molecule has 3 unspecified atom stereocenters. The Morgan fingerprint density at radius 3 is 2.13 bits per heavy atom. The summed E-state index contributed by atoms with van der Waals surface area (Å²) < 4.78 is 19.9. The zero-order valence-electron chi connectivity index (χ0n) is 23.2. The molecule has 3 fully saturated rings. The first-order chi connectivity index (χ1) is 18.3. The number of carbonyl (C=O) groups excluding carboxylic acids is 1. The molecule has 2 aromatic carbocycles. The maximum atomic E-state index is 13.2. The quantitative estimate of drug-likeness (QED) is 0.279. The second kappa shape index (κ2) is 9.85. The van der Waals surface area contributed by atoms with Crippen molar-refractivity contribution in [2.45, 2.75) is 82.6 Å². The van der Waals surface area contributed by atoms with E-state index in [1.165, 1.54) is 22.2 Å². The van der Waals surface area contributed by atoms with Crippen molar-refractivity contribution in [2.75, 3.05) is 13.2 Å². The first-order valence-electron chi connectivity index (χ1n) is 14.6. The Morgan fingerprint density at radius 1 is 0.921 bits per heavy atom. The lowest BCUT2D eigenvalue weighted by Crippen LogP contribution is -2.69. The van der Waals surface area contributed by atoms with E-state index in [1.54, 1.807) is 0 Å². The maximum Gasteiger partial charge on any atom is 0.261 e. The van der Waals surface area contributed by atoms with Gasteiger partial charge in [0.25, 0.3) is 8.32 Å². The summed E-state index contributed by atoms with van der Waals surface area (Å²) >= 11 is 0. The Balaban J connectivity index is 1.41. The number of benzene rings is 2. The molecule has 1 aliphatic heterocycles. The molecule has 0 N–H and O–H groups in total. The monoisotopic (exact) mass is 530 g/mol. The highest BCUT2D eigenvalue weighted by Gasteiger charge is 2.59. The molecule has 6 rings (SSSR count). The number of hydrogen-bond acceptors (Lipinski definition) is 4. The minimum Gasteiger partial charge on any atom is -0.404 e. The molecule has 0 aromatic heterocycles. The first kappa shape index (κ1) is 26.2. The van der Waals surface area contributed by atoms with Gasteiger partial charge in [-0.2, -0.15) is 0 Å². The van der Waals surface area contributed by atoms with E-state index >= 15 is 0 Å². The van der Waals surface area contributed by atoms with E-state index in [-0.39, 0.29) is 28.4 Å². The molecular formula is C33H42O4Si. The van der Waals surface area contributed by atoms with Crippen LogP contribution in [0.25, 0.3) is 0 Å². The van der Waals surface area contributed by atoms with Gasteiger partial charge in [0, 0.05) is 30.3 Å². The fraction of sp³-hybridized carbons (Fsp3) is 0.545. The van der Waals surface area contributed by atoms with Crippen LogP contribution in [0.2, 0.25) is 5.04 Å². The van der Waals surface area contributed by atoms with Crippen LogP contribution in [-0.2, 0) is 18.7 Å². The van der Waals surface area contributed by atoms with Crippen LogP contribution < -0.4 is 10.4 Å². The summed E-state index contributed by atoms with van der Waals surface area (Å²) in [6.45, 7) is 8.38. The van der Waals surface area contributed by atoms with Gasteiger partial charge in [0.05, 0.1) is 13.2 Å². The summed E-state index contributed by atoms with van der Waals surface area (Å²) in [6.07, 6.45) is 10.3. The van der Waals surface area contributed by atoms with Gasteiger partial charge in [0.2, 0.25) is 0 Å². The normalized spacial score (nSPS) is 30.8. The molecule has 4 nitrogen and oxygen atoms in total. The molecule has 0 amide bonds. The summed E-state index contributed by atoms with van der Waals surface area (Å²) in [7, 11) is -2.71. The van der Waals surface area contributed by atoms with Gasteiger partial charge in [0.15, 0.2) is 5.79 Å². The lowest BCUT2D eigenvalue weighted by molar-refractivity contribution is -0.181. The lowest BCUT2D eigenvalue weighted by Gasteiger charge is -2.56. The Kier molecular flexibility index (Phi) is 6.79. The second-order valence-electron chi connectivity index (χ2n) is 12.9. The average Bonchev–Trinajstić information content (AvgIpc) is 3.38. The molecule has 1 heterocycles. The molecule has 0 radical (unpaired) electrons. The number of carbonyl (C=O) groups is 1. The van der Waals surface area contributed by atoms with Gasteiger partial charge >= 0.3 is 0 Å². The number of fused-ring (bicyclic) bond motifs is 3. The van der Waals surface area contributed by atoms with Crippen molar-refractivity contribution in [3.8, 4) is 0 Å². The van der Waals surface area contributed by atoms with E-state index in [0.29, 0.717) is 13.2 Å². The zero-order valence-corrected chi connectivity index (χ0v) is 24.2. The van der Waals surface area contributed by atoms with Crippen LogP contribution in [0.15, 0.2) is 72.3 Å². The summed E-state index contributed by atoms with van der Waals surface area (Å²) in [4.78, 5) is 13.2. The Hall–Kier alpha value is -2.05. The summed E-state index contributed by atoms with van der Waals surface area (Å²) in [5.41, 5.74) is 1.02. The molecule has 2 aromatic rings. The summed E-state index contributed by atoms with van der Waals surface area (Å²) in [5.74, 6) is 0.00462. The van der Waals surface area contributed by atoms with Crippen LogP contribution in [0, 0.1) is 17.3 Å². The van der Waals surface area contributed by atoms with E-state index in [9.17, 15) is 4.79 Å². The van der Waals surface area contributed by atoms with E-state index in [1.807, 2.05) is 0 Å². The van der Waals surface area contributed by atoms with Crippen molar-refractivity contribution in [1.82, 2.24) is 0 Å². The van der Waals surface area contributed by atoms with Gasteiger partial charge in [-0.05, 0) is 53.4 Å². The van der Waals surface area contributed by atoms with Crippen molar-refractivity contribution in [3.63, 3.8) is 0 Å². The van der Waals surface area contributed by atoms with E-state index in [2.05, 4.69) is 87.5 Å². The average molecular weight is 531 g/mol. The smallest absolute Gasteiger partial charge is 0.261 e. The number of rotatable bonds is 5. The van der Waals surface area contributed by atoms with Gasteiger partial charge in [0.1, 0.15) is 6.29 Å². The molecule has 202 valence electrons. The van der Waals surface area contributed by atoms with Crippen molar-refractivity contribution in [1.29, 1.82) is 0 Å². The standard InChI is InChI=1S/C33H42O4Si/c1-31(2,3)38(26-11-6-4-7-12-26,27-13-8-5-9-14-27)37-30-15-10-19-32(24-34)28-18-20-33(35-21-22-36-33)23-25(28)16-17-29(30)32/h4-9,11-14,16,24,28-30H,10,15,17-23H2,1-3H3/t28?,29?,30-,32?/m1/s1. The topological polar surface area (TPSA) is 44.8 Å². The molecule has 4 aliphatic rings. The molecule has 3 aliphatic carbocycles. The SMILES string of the molecule is CC(C)(C)[Si](O[C@@H]1CCCC2(C=O)C3CCC4(CC3=CCC12)OCCO4)(c1ccccc1)c1ccccc1. The molecule has 38 heavy (non-hydrogen) atoms. The van der Waals surface area contributed by atoms with Gasteiger partial charge in [-0.25, -0.2) is 0 Å². The van der Waals surface area contributed by atoms with Crippen LogP contribution >= 0.6 is 0 Å². The van der Waals surface area contributed by atoms with Crippen molar-refractivity contribution in [3.05, 3.63) is 72.3 Å². The highest BCUT2D eigenvalue weighted by Crippen LogP contribution is 2.59. The molecule has 0 bridgehead atoms. The lowest BCUT2D eigenvalue weighted by atomic mass is 9.51. The van der Waals surface area contributed by atoms with E-state index in [4.69, 9.17) is 13.9 Å². The largest absolute Gasteiger partial charge is 0.404 e. The first-order valence-corrected chi connectivity index (χ1v) is 16.5. The third-order valence-corrected chi connectivity index (χ3v) is 15.1. The molecule has 4 atom stereocenters. The predicted molar refractivity (Wildman–Crippen MR) is 153 cm³/mol. The Labute approximate surface area is 228 Å². The maximum absolute atomic E-state index is 13.2. The number of ether oxygens (including phenoxy) is 2. The number of hydrogen-bond donors (Lipinski definition) is 0. The molecular weight excluding hydrogens is 488 g/mol. The van der Waals surface area contributed by atoms with Crippen LogP contribution in [0.3, 0.4) is 0 Å². The zero-order chi connectivity index (χ0) is 26.4. The molecule has 2 saturated carbocycles. The van der Waals surface area contributed by atoms with Crippen LogP contribution in [0.5, 0.6) is 0 Å². The Bertz CT molecular complexity index is 1120. The molecule has 1 saturated heterocycles. The molecule has 5 heteroatoms.